The van der Waals surface area contributed by atoms with Crippen molar-refractivity contribution in [2.24, 2.45) is 0 Å². The maximum atomic E-state index is 12.5. The topological polar surface area (TPSA) is 84.3 Å². The van der Waals surface area contributed by atoms with Crippen molar-refractivity contribution in [3.63, 3.8) is 0 Å². The fourth-order valence-electron chi connectivity index (χ4n) is 3.24. The van der Waals surface area contributed by atoms with Crippen molar-refractivity contribution in [3.8, 4) is 0 Å². The molecule has 26 heavy (non-hydrogen) atoms. The zero-order valence-corrected chi connectivity index (χ0v) is 15.9. The molecule has 8 heteroatoms. The first-order chi connectivity index (χ1) is 12.4. The Labute approximate surface area is 153 Å². The Hall–Kier alpha value is -2.35. The van der Waals surface area contributed by atoms with E-state index in [-0.39, 0.29) is 30.0 Å². The molecule has 0 aliphatic carbocycles. The molecule has 2 aromatic rings. The fraction of sp³-hybridized carbons (Fsp3) is 0.444. The lowest BCUT2D eigenvalue weighted by molar-refractivity contribution is -0.115. The van der Waals surface area contributed by atoms with Crippen LogP contribution < -0.4 is 10.2 Å². The monoisotopic (exact) mass is 376 g/mol. The summed E-state index contributed by atoms with van der Waals surface area (Å²) in [5.74, 6) is 0.639. The van der Waals surface area contributed by atoms with Crippen molar-refractivity contribution < 1.29 is 13.2 Å². The van der Waals surface area contributed by atoms with E-state index in [0.29, 0.717) is 18.8 Å². The Kier molecular flexibility index (Phi) is 5.31. The Morgan fingerprint density at radius 1 is 1.35 bits per heavy atom. The van der Waals surface area contributed by atoms with Gasteiger partial charge >= 0.3 is 0 Å². The number of carbonyl (C=O) groups excluding carboxylic acids is 1. The van der Waals surface area contributed by atoms with Gasteiger partial charge in [-0.2, -0.15) is 5.10 Å². The van der Waals surface area contributed by atoms with Gasteiger partial charge in [0.2, 0.25) is 5.91 Å². The molecule has 3 rings (SSSR count). The molecule has 0 radical (unpaired) electrons. The minimum absolute atomic E-state index is 0.0715. The summed E-state index contributed by atoms with van der Waals surface area (Å²) in [5.41, 5.74) is 1.73. The number of nitrogens with zero attached hydrogens (tertiary/aromatic N) is 3. The van der Waals surface area contributed by atoms with Gasteiger partial charge in [-0.25, -0.2) is 13.1 Å². The molecule has 1 aliphatic heterocycles. The van der Waals surface area contributed by atoms with Crippen LogP contribution in [0, 0.1) is 6.92 Å². The number of nitrogens with one attached hydrogen (secondary N) is 1. The van der Waals surface area contributed by atoms with Crippen LogP contribution in [0.15, 0.2) is 36.4 Å². The van der Waals surface area contributed by atoms with Crippen molar-refractivity contribution in [1.29, 1.82) is 0 Å². The summed E-state index contributed by atoms with van der Waals surface area (Å²) < 4.78 is 25.2. The summed E-state index contributed by atoms with van der Waals surface area (Å²) >= 11 is 0. The average molecular weight is 376 g/mol. The lowest BCUT2D eigenvalue weighted by atomic mass is 10.2. The van der Waals surface area contributed by atoms with Gasteiger partial charge in [0.05, 0.1) is 29.8 Å². The number of aryl methyl sites for hydroxylation is 1. The van der Waals surface area contributed by atoms with Gasteiger partial charge in [0.25, 0.3) is 0 Å². The summed E-state index contributed by atoms with van der Waals surface area (Å²) in [5, 5.41) is 7.29. The number of carbonyl (C=O) groups is 1. The zero-order chi connectivity index (χ0) is 18.7. The number of hydrogen-bond donors (Lipinski definition) is 1. The number of rotatable bonds is 6. The van der Waals surface area contributed by atoms with Gasteiger partial charge in [0, 0.05) is 18.3 Å². The highest BCUT2D eigenvalue weighted by Gasteiger charge is 2.31. The van der Waals surface area contributed by atoms with Gasteiger partial charge in [-0.15, -0.1) is 0 Å². The smallest absolute Gasteiger partial charge is 0.245 e. The van der Waals surface area contributed by atoms with Crippen LogP contribution in [0.25, 0.3) is 0 Å². The summed E-state index contributed by atoms with van der Waals surface area (Å²) in [6.07, 6.45) is 0.525. The van der Waals surface area contributed by atoms with E-state index in [1.807, 2.05) is 49.1 Å². The summed E-state index contributed by atoms with van der Waals surface area (Å²) in [6, 6.07) is 11.3. The first-order valence-corrected chi connectivity index (χ1v) is 10.6. The number of likely N-dealkylation sites (N-methyl/N-ethyl adjacent to an activating group) is 1. The number of sulfone groups is 1. The van der Waals surface area contributed by atoms with Crippen molar-refractivity contribution >= 4 is 27.2 Å². The number of amides is 1. The van der Waals surface area contributed by atoms with Gasteiger partial charge < -0.3 is 10.2 Å². The van der Waals surface area contributed by atoms with Crippen molar-refractivity contribution in [1.82, 2.24) is 9.78 Å². The van der Waals surface area contributed by atoms with Gasteiger partial charge in [-0.05, 0) is 32.4 Å². The Bertz CT molecular complexity index is 877. The van der Waals surface area contributed by atoms with Crippen LogP contribution in [0.4, 0.5) is 11.5 Å². The molecule has 1 unspecified atom stereocenters. The minimum Gasteiger partial charge on any atom is -0.362 e. The highest BCUT2D eigenvalue weighted by molar-refractivity contribution is 7.91. The molecule has 1 amide bonds. The van der Waals surface area contributed by atoms with Crippen LogP contribution in [-0.4, -0.2) is 48.7 Å². The van der Waals surface area contributed by atoms with Gasteiger partial charge in [0.1, 0.15) is 5.82 Å². The van der Waals surface area contributed by atoms with Crippen LogP contribution in [-0.2, 0) is 14.6 Å². The lowest BCUT2D eigenvalue weighted by Crippen LogP contribution is -2.33. The molecule has 0 bridgehead atoms. The summed E-state index contributed by atoms with van der Waals surface area (Å²) in [7, 11) is -3.02. The number of para-hydroxylation sites is 1. The summed E-state index contributed by atoms with van der Waals surface area (Å²) in [4.78, 5) is 14.5. The minimum atomic E-state index is -3.02. The largest absolute Gasteiger partial charge is 0.362 e. The maximum absolute atomic E-state index is 12.5. The molecule has 1 atom stereocenters. The van der Waals surface area contributed by atoms with E-state index in [1.54, 1.807) is 10.7 Å². The molecule has 2 heterocycles. The molecule has 1 saturated heterocycles. The van der Waals surface area contributed by atoms with Crippen LogP contribution in [0.5, 0.6) is 0 Å². The maximum Gasteiger partial charge on any atom is 0.245 e. The zero-order valence-electron chi connectivity index (χ0n) is 15.1. The molecule has 1 aliphatic rings. The van der Waals surface area contributed by atoms with Crippen LogP contribution in [0.3, 0.4) is 0 Å². The second-order valence-corrected chi connectivity index (χ2v) is 8.80. The third kappa shape index (κ3) is 4.24. The van der Waals surface area contributed by atoms with Crippen LogP contribution in [0.2, 0.25) is 0 Å². The number of anilines is 2. The van der Waals surface area contributed by atoms with Gasteiger partial charge in [-0.1, -0.05) is 18.2 Å². The molecule has 7 nitrogen and oxygen atoms in total. The van der Waals surface area contributed by atoms with Gasteiger partial charge in [-0.3, -0.25) is 4.79 Å². The van der Waals surface area contributed by atoms with E-state index in [1.165, 1.54) is 0 Å². The molecular formula is C18H24N4O3S. The van der Waals surface area contributed by atoms with E-state index in [9.17, 15) is 13.2 Å². The molecular weight excluding hydrogens is 352 g/mol. The predicted molar refractivity (Wildman–Crippen MR) is 102 cm³/mol. The van der Waals surface area contributed by atoms with Gasteiger partial charge in [0.15, 0.2) is 9.84 Å². The Morgan fingerprint density at radius 3 is 2.69 bits per heavy atom. The summed E-state index contributed by atoms with van der Waals surface area (Å²) in [6.45, 7) is 4.75. The first-order valence-electron chi connectivity index (χ1n) is 8.74. The third-order valence-electron chi connectivity index (χ3n) is 4.52. The fourth-order valence-corrected chi connectivity index (χ4v) is 4.93. The quantitative estimate of drug-likeness (QED) is 0.834. The van der Waals surface area contributed by atoms with Crippen molar-refractivity contribution in [2.45, 2.75) is 26.3 Å². The van der Waals surface area contributed by atoms with E-state index in [2.05, 4.69) is 10.4 Å². The van der Waals surface area contributed by atoms with E-state index < -0.39 is 9.84 Å². The molecule has 140 valence electrons. The first kappa shape index (κ1) is 18.4. The van der Waals surface area contributed by atoms with E-state index in [0.717, 1.165) is 11.4 Å². The molecule has 0 spiro atoms. The second kappa shape index (κ2) is 7.49. The molecule has 1 N–H and O–H groups in total. The predicted octanol–water partition coefficient (Wildman–Crippen LogP) is 2.02. The molecule has 1 aromatic carbocycles. The number of hydrogen-bond acceptors (Lipinski definition) is 5. The lowest BCUT2D eigenvalue weighted by Gasteiger charge is -2.22. The van der Waals surface area contributed by atoms with Crippen molar-refractivity contribution in [2.75, 3.05) is 34.8 Å². The standard InChI is InChI=1S/C18H24N4O3S/c1-3-21(15-7-5-4-6-8-15)12-18(23)19-17-11-14(2)20-22(17)16-9-10-26(24,25)13-16/h4-8,11,16H,3,9-10,12-13H2,1-2H3,(H,19,23). The highest BCUT2D eigenvalue weighted by Crippen LogP contribution is 2.27. The number of benzene rings is 1. The second-order valence-electron chi connectivity index (χ2n) is 6.57. The number of aromatic nitrogens is 2. The molecule has 1 fully saturated rings. The van der Waals surface area contributed by atoms with Crippen molar-refractivity contribution in [3.05, 3.63) is 42.1 Å². The third-order valence-corrected chi connectivity index (χ3v) is 6.27. The van der Waals surface area contributed by atoms with Crippen LogP contribution >= 0.6 is 0 Å². The van der Waals surface area contributed by atoms with E-state index in [4.69, 9.17) is 0 Å². The highest BCUT2D eigenvalue weighted by atomic mass is 32.2. The normalized spacial score (nSPS) is 18.6. The average Bonchev–Trinajstić information content (AvgIpc) is 3.15. The van der Waals surface area contributed by atoms with E-state index >= 15 is 0 Å². The molecule has 1 aromatic heterocycles. The Balaban J connectivity index is 1.72. The Morgan fingerprint density at radius 2 is 2.08 bits per heavy atom. The molecule has 0 saturated carbocycles. The van der Waals surface area contributed by atoms with Crippen LogP contribution in [0.1, 0.15) is 25.1 Å². The SMILES string of the molecule is CCN(CC(=O)Nc1cc(C)nn1C1CCS(=O)(=O)C1)c1ccccc1.